The zero-order valence-electron chi connectivity index (χ0n) is 13.1. The molecule has 0 unspecified atom stereocenters. The molecule has 1 saturated carbocycles. The van der Waals surface area contributed by atoms with Crippen LogP contribution in [0.5, 0.6) is 0 Å². The maximum Gasteiger partial charge on any atom is 0.253 e. The van der Waals surface area contributed by atoms with Crippen LogP contribution in [0, 0.1) is 5.82 Å². The van der Waals surface area contributed by atoms with Gasteiger partial charge in [-0.3, -0.25) is 9.78 Å². The normalized spacial score (nSPS) is 15.9. The fourth-order valence-electron chi connectivity index (χ4n) is 3.04. The van der Waals surface area contributed by atoms with Gasteiger partial charge in [0.25, 0.3) is 5.91 Å². The van der Waals surface area contributed by atoms with Gasteiger partial charge in [-0.2, -0.15) is 0 Å². The molecule has 4 heteroatoms. The molecule has 0 saturated heterocycles. The summed E-state index contributed by atoms with van der Waals surface area (Å²) in [5.74, 6) is -0.366. The molecule has 2 aromatic rings. The Labute approximate surface area is 135 Å². The average Bonchev–Trinajstić information content (AvgIpc) is 2.84. The number of amides is 1. The van der Waals surface area contributed by atoms with Gasteiger partial charge in [0.15, 0.2) is 0 Å². The van der Waals surface area contributed by atoms with Crippen LogP contribution in [0.2, 0.25) is 0 Å². The van der Waals surface area contributed by atoms with Gasteiger partial charge in [-0.15, -0.1) is 0 Å². The van der Waals surface area contributed by atoms with E-state index < -0.39 is 0 Å². The first-order valence-corrected chi connectivity index (χ1v) is 8.25. The molecule has 0 radical (unpaired) electrons. The lowest BCUT2D eigenvalue weighted by molar-refractivity contribution is 0.0933. The van der Waals surface area contributed by atoms with Crippen molar-refractivity contribution in [2.24, 2.45) is 0 Å². The van der Waals surface area contributed by atoms with Crippen LogP contribution < -0.4 is 5.32 Å². The molecule has 0 spiro atoms. The third-order valence-electron chi connectivity index (χ3n) is 4.34. The van der Waals surface area contributed by atoms with Crippen molar-refractivity contribution in [3.8, 4) is 11.3 Å². The minimum Gasteiger partial charge on any atom is -0.349 e. The summed E-state index contributed by atoms with van der Waals surface area (Å²) in [5.41, 5.74) is 1.92. The number of hydrogen-bond acceptors (Lipinski definition) is 2. The third kappa shape index (κ3) is 4.15. The number of carbonyl (C=O) groups excluding carboxylic acids is 1. The van der Waals surface area contributed by atoms with Crippen LogP contribution in [0.25, 0.3) is 11.3 Å². The molecule has 1 N–H and O–H groups in total. The summed E-state index contributed by atoms with van der Waals surface area (Å²) in [5, 5.41) is 3.10. The van der Waals surface area contributed by atoms with E-state index in [1.54, 1.807) is 30.5 Å². The number of carbonyl (C=O) groups is 1. The molecule has 3 nitrogen and oxygen atoms in total. The summed E-state index contributed by atoms with van der Waals surface area (Å²) in [6, 6.07) is 10.1. The molecule has 0 bridgehead atoms. The molecule has 0 aliphatic heterocycles. The van der Waals surface area contributed by atoms with Crippen LogP contribution >= 0.6 is 0 Å². The smallest absolute Gasteiger partial charge is 0.253 e. The minimum atomic E-state index is -0.292. The third-order valence-corrected chi connectivity index (χ3v) is 4.34. The monoisotopic (exact) mass is 312 g/mol. The van der Waals surface area contributed by atoms with E-state index in [4.69, 9.17) is 0 Å². The van der Waals surface area contributed by atoms with Crippen LogP contribution in [-0.2, 0) is 0 Å². The van der Waals surface area contributed by atoms with Crippen LogP contribution in [0.1, 0.15) is 48.9 Å². The van der Waals surface area contributed by atoms with Gasteiger partial charge in [0.2, 0.25) is 0 Å². The number of nitrogens with one attached hydrogen (secondary N) is 1. The Balaban J connectivity index is 1.67. The fourth-order valence-corrected chi connectivity index (χ4v) is 3.04. The number of pyridine rings is 1. The number of halogens is 1. The second-order valence-electron chi connectivity index (χ2n) is 6.10. The standard InChI is InChI=1S/C19H21FN2O/c20-16-7-5-6-14(12-16)18-11-10-15(13-21-18)19(23)22-17-8-3-1-2-4-9-17/h5-7,10-13,17H,1-4,8-9H2,(H,22,23). The maximum atomic E-state index is 13.3. The van der Waals surface area contributed by atoms with E-state index in [0.717, 1.165) is 12.8 Å². The Bertz CT molecular complexity index is 661. The van der Waals surface area contributed by atoms with Crippen LogP contribution in [0.3, 0.4) is 0 Å². The van der Waals surface area contributed by atoms with Crippen LogP contribution in [-0.4, -0.2) is 16.9 Å². The Morgan fingerprint density at radius 3 is 2.52 bits per heavy atom. The highest BCUT2D eigenvalue weighted by Crippen LogP contribution is 2.19. The van der Waals surface area contributed by atoms with Crippen molar-refractivity contribution >= 4 is 5.91 Å². The van der Waals surface area contributed by atoms with E-state index in [1.165, 1.54) is 37.8 Å². The summed E-state index contributed by atoms with van der Waals surface area (Å²) in [6.07, 6.45) is 8.56. The molecule has 0 atom stereocenters. The summed E-state index contributed by atoms with van der Waals surface area (Å²) >= 11 is 0. The van der Waals surface area contributed by atoms with Gasteiger partial charge in [0.1, 0.15) is 5.82 Å². The molecule has 1 aliphatic rings. The first kappa shape index (κ1) is 15.7. The topological polar surface area (TPSA) is 42.0 Å². The summed E-state index contributed by atoms with van der Waals surface area (Å²) in [7, 11) is 0. The average molecular weight is 312 g/mol. The van der Waals surface area contributed by atoms with E-state index in [0.29, 0.717) is 16.8 Å². The zero-order chi connectivity index (χ0) is 16.1. The first-order valence-electron chi connectivity index (χ1n) is 8.25. The highest BCUT2D eigenvalue weighted by Gasteiger charge is 2.16. The maximum absolute atomic E-state index is 13.3. The van der Waals surface area contributed by atoms with Crippen LogP contribution in [0.4, 0.5) is 4.39 Å². The molecular formula is C19H21FN2O. The van der Waals surface area contributed by atoms with E-state index in [-0.39, 0.29) is 17.8 Å². The molecule has 1 fully saturated rings. The van der Waals surface area contributed by atoms with Gasteiger partial charge < -0.3 is 5.32 Å². The zero-order valence-corrected chi connectivity index (χ0v) is 13.1. The summed E-state index contributed by atoms with van der Waals surface area (Å²) in [6.45, 7) is 0. The Kier molecular flexibility index (Phi) is 5.01. The van der Waals surface area contributed by atoms with Gasteiger partial charge in [0, 0.05) is 17.8 Å². The van der Waals surface area contributed by atoms with Gasteiger partial charge in [-0.1, -0.05) is 37.8 Å². The minimum absolute atomic E-state index is 0.0739. The summed E-state index contributed by atoms with van der Waals surface area (Å²) < 4.78 is 13.3. The lowest BCUT2D eigenvalue weighted by Gasteiger charge is -2.16. The van der Waals surface area contributed by atoms with Gasteiger partial charge in [-0.05, 0) is 37.1 Å². The molecular weight excluding hydrogens is 291 g/mol. The van der Waals surface area contributed by atoms with Gasteiger partial charge in [0.05, 0.1) is 11.3 Å². The van der Waals surface area contributed by atoms with Gasteiger partial charge >= 0.3 is 0 Å². The number of hydrogen-bond donors (Lipinski definition) is 1. The second kappa shape index (κ2) is 7.36. The largest absolute Gasteiger partial charge is 0.349 e. The van der Waals surface area contributed by atoms with E-state index in [9.17, 15) is 9.18 Å². The van der Waals surface area contributed by atoms with Crippen LogP contribution in [0.15, 0.2) is 42.6 Å². The van der Waals surface area contributed by atoms with E-state index in [2.05, 4.69) is 10.3 Å². The fraction of sp³-hybridized carbons (Fsp3) is 0.368. The number of rotatable bonds is 3. The molecule has 1 aromatic carbocycles. The molecule has 1 heterocycles. The highest BCUT2D eigenvalue weighted by atomic mass is 19.1. The predicted molar refractivity (Wildman–Crippen MR) is 88.6 cm³/mol. The lowest BCUT2D eigenvalue weighted by atomic mass is 10.1. The number of aromatic nitrogens is 1. The van der Waals surface area contributed by atoms with Crippen molar-refractivity contribution in [1.82, 2.24) is 10.3 Å². The quantitative estimate of drug-likeness (QED) is 0.857. The van der Waals surface area contributed by atoms with Gasteiger partial charge in [-0.25, -0.2) is 4.39 Å². The highest BCUT2D eigenvalue weighted by molar-refractivity contribution is 5.94. The van der Waals surface area contributed by atoms with Crippen molar-refractivity contribution in [2.75, 3.05) is 0 Å². The molecule has 1 aromatic heterocycles. The summed E-state index contributed by atoms with van der Waals surface area (Å²) in [4.78, 5) is 16.6. The molecule has 23 heavy (non-hydrogen) atoms. The van der Waals surface area contributed by atoms with Crippen molar-refractivity contribution < 1.29 is 9.18 Å². The van der Waals surface area contributed by atoms with Crippen molar-refractivity contribution in [3.63, 3.8) is 0 Å². The van der Waals surface area contributed by atoms with E-state index in [1.807, 2.05) is 0 Å². The van der Waals surface area contributed by atoms with Crippen molar-refractivity contribution in [2.45, 2.75) is 44.6 Å². The van der Waals surface area contributed by atoms with Crippen molar-refractivity contribution in [1.29, 1.82) is 0 Å². The molecule has 1 amide bonds. The number of benzene rings is 1. The Morgan fingerprint density at radius 2 is 1.87 bits per heavy atom. The Morgan fingerprint density at radius 1 is 1.09 bits per heavy atom. The predicted octanol–water partition coefficient (Wildman–Crippen LogP) is 4.34. The second-order valence-corrected chi connectivity index (χ2v) is 6.10. The SMILES string of the molecule is O=C(NC1CCCCCC1)c1ccc(-c2cccc(F)c2)nc1. The molecule has 3 rings (SSSR count). The molecule has 1 aliphatic carbocycles. The van der Waals surface area contributed by atoms with E-state index >= 15 is 0 Å². The lowest BCUT2D eigenvalue weighted by Crippen LogP contribution is -2.34. The Hall–Kier alpha value is -2.23. The number of nitrogens with zero attached hydrogens (tertiary/aromatic N) is 1. The first-order chi connectivity index (χ1) is 11.2. The van der Waals surface area contributed by atoms with Crippen molar-refractivity contribution in [3.05, 3.63) is 54.0 Å². The molecule has 120 valence electrons.